The molecule has 3 saturated heterocycles. The van der Waals surface area contributed by atoms with E-state index in [1.807, 2.05) is 13.8 Å². The van der Waals surface area contributed by atoms with E-state index in [1.54, 1.807) is 12.1 Å². The second-order valence-electron chi connectivity index (χ2n) is 15.4. The van der Waals surface area contributed by atoms with E-state index in [0.717, 1.165) is 29.7 Å². The number of amides is 1. The van der Waals surface area contributed by atoms with Gasteiger partial charge in [-0.1, -0.05) is 39.3 Å². The van der Waals surface area contributed by atoms with Gasteiger partial charge in [0.1, 0.15) is 22.8 Å². The Morgan fingerprint density at radius 1 is 0.979 bits per heavy atom. The molecule has 4 fully saturated rings. The predicted molar refractivity (Wildman–Crippen MR) is 173 cm³/mol. The number of aromatic hydroxyl groups is 2. The van der Waals surface area contributed by atoms with E-state index >= 15 is 0 Å². The van der Waals surface area contributed by atoms with Crippen LogP contribution in [0.4, 0.5) is 0 Å². The van der Waals surface area contributed by atoms with Crippen molar-refractivity contribution in [1.29, 1.82) is 0 Å². The van der Waals surface area contributed by atoms with Crippen LogP contribution >= 0.6 is 0 Å². The lowest BCUT2D eigenvalue weighted by Gasteiger charge is -2.54. The number of hydrogen-bond donors (Lipinski definition) is 5. The lowest BCUT2D eigenvalue weighted by molar-refractivity contribution is -0.356. The van der Waals surface area contributed by atoms with Gasteiger partial charge in [0.2, 0.25) is 5.78 Å². The number of ketones is 1. The molecule has 258 valence electrons. The number of hydrogen-bond acceptors (Lipinski definition) is 9. The number of aliphatic hydroxyl groups excluding tert-OH is 3. The van der Waals surface area contributed by atoms with Gasteiger partial charge in [0.25, 0.3) is 5.91 Å². The molecule has 3 aliphatic heterocycles. The Hall–Kier alpha value is -2.92. The molecule has 1 aromatic rings. The molecule has 13 atom stereocenters. The molecule has 1 spiro atoms. The summed E-state index contributed by atoms with van der Waals surface area (Å²) in [5.74, 6) is -3.71. The Bertz CT molecular complexity index is 1430. The van der Waals surface area contributed by atoms with Crippen molar-refractivity contribution < 1.29 is 44.6 Å². The third kappa shape index (κ3) is 5.79. The minimum Gasteiger partial charge on any atom is -0.511 e. The monoisotopic (exact) mass is 653 g/mol. The normalized spacial score (nSPS) is 43.6. The number of aliphatic hydroxyl groups is 3. The number of phenolic OH excluding ortho intramolecular Hbond substituents is 2. The van der Waals surface area contributed by atoms with Crippen molar-refractivity contribution in [2.24, 2.45) is 47.3 Å². The Morgan fingerprint density at radius 3 is 2.30 bits per heavy atom. The van der Waals surface area contributed by atoms with Crippen molar-refractivity contribution in [2.45, 2.75) is 103 Å². The highest BCUT2D eigenvalue weighted by Crippen LogP contribution is 2.55. The summed E-state index contributed by atoms with van der Waals surface area (Å²) in [5, 5.41) is 53.8. The zero-order valence-corrected chi connectivity index (χ0v) is 28.3. The molecule has 1 amide bonds. The van der Waals surface area contributed by atoms with Gasteiger partial charge < -0.3 is 39.9 Å². The number of phenols is 2. The minimum absolute atomic E-state index is 0.0302. The maximum absolute atomic E-state index is 13.2. The highest BCUT2D eigenvalue weighted by atomic mass is 16.7. The van der Waals surface area contributed by atoms with Crippen molar-refractivity contribution in [3.8, 4) is 11.5 Å². The van der Waals surface area contributed by atoms with Gasteiger partial charge >= 0.3 is 0 Å². The maximum atomic E-state index is 13.2. The zero-order chi connectivity index (χ0) is 34.1. The van der Waals surface area contributed by atoms with Crippen LogP contribution in [0.5, 0.6) is 11.5 Å². The van der Waals surface area contributed by atoms with Gasteiger partial charge in [-0.15, -0.1) is 0 Å². The van der Waals surface area contributed by atoms with Crippen molar-refractivity contribution in [1.82, 2.24) is 4.90 Å². The zero-order valence-electron chi connectivity index (χ0n) is 28.3. The second kappa shape index (κ2) is 12.5. The fourth-order valence-corrected chi connectivity index (χ4v) is 9.58. The average molecular weight is 654 g/mol. The van der Waals surface area contributed by atoms with Crippen LogP contribution in [0.15, 0.2) is 41.2 Å². The molecule has 1 aromatic carbocycles. The lowest BCUT2D eigenvalue weighted by atomic mass is 9.56. The number of rotatable bonds is 4. The Balaban J connectivity index is 1.36. The smallest absolute Gasteiger partial charge is 0.263 e. The molecular formula is C37H51NO9. The summed E-state index contributed by atoms with van der Waals surface area (Å²) in [4.78, 5) is 27.3. The minimum atomic E-state index is -1.64. The summed E-state index contributed by atoms with van der Waals surface area (Å²) in [5.41, 5.74) is 1.38. The number of nitrogens with zero attached hydrogens (tertiary/aromatic N) is 1. The third-order valence-corrected chi connectivity index (χ3v) is 12.4. The summed E-state index contributed by atoms with van der Waals surface area (Å²) >= 11 is 0. The number of Topliss-reactive ketones (excluding diaryl/α,β-unsaturated/α-hetero) is 1. The molecule has 1 unspecified atom stereocenters. The maximum Gasteiger partial charge on any atom is 0.263 e. The first-order valence-electron chi connectivity index (χ1n) is 17.3. The number of carbonyl (C=O) groups excluding carboxylic acids is 2. The summed E-state index contributed by atoms with van der Waals surface area (Å²) in [6, 6.07) is 4.55. The van der Waals surface area contributed by atoms with E-state index in [-0.39, 0.29) is 70.4 Å². The summed E-state index contributed by atoms with van der Waals surface area (Å²) in [6.07, 6.45) is 3.56. The molecule has 0 radical (unpaired) electrons. The first-order chi connectivity index (χ1) is 22.1. The molecule has 10 heteroatoms. The van der Waals surface area contributed by atoms with Crippen molar-refractivity contribution in [3.05, 3.63) is 46.7 Å². The van der Waals surface area contributed by atoms with Crippen LogP contribution in [-0.2, 0) is 19.1 Å². The first-order valence-corrected chi connectivity index (χ1v) is 17.3. The molecule has 6 rings (SSSR count). The van der Waals surface area contributed by atoms with E-state index in [1.165, 1.54) is 13.1 Å². The van der Waals surface area contributed by atoms with Gasteiger partial charge in [-0.05, 0) is 92.2 Å². The summed E-state index contributed by atoms with van der Waals surface area (Å²) < 4.78 is 13.9. The first kappa shape index (κ1) is 34.0. The van der Waals surface area contributed by atoms with Gasteiger partial charge in [-0.2, -0.15) is 0 Å². The van der Waals surface area contributed by atoms with Crippen LogP contribution in [0.3, 0.4) is 0 Å². The van der Waals surface area contributed by atoms with Crippen molar-refractivity contribution >= 4 is 11.7 Å². The standard InChI is InChI=1S/C37H51NO9/c1-17-9-10-37(47-34(17)23-13-24(39)15-25(40)14-23)20(4)11-19(3)28(46-37)16-26-18(2)12-22-7-8-27(41)21(5)29(22)30(26)32(42)31-33(43)36(45)38(6)35(31)44/h12-15,17,19-22,26-30,34,36,39-42,45H,7-11,16H2,1-6H3/t17-,19-,20-,21-,22-,26+,27+,28+,29-,30-,34-,36?,37+/m0/s1. The van der Waals surface area contributed by atoms with E-state index in [4.69, 9.17) is 9.47 Å². The molecule has 10 nitrogen and oxygen atoms in total. The number of fused-ring (bicyclic) bond motifs is 1. The quantitative estimate of drug-likeness (QED) is 0.129. The van der Waals surface area contributed by atoms with Gasteiger partial charge in [0.15, 0.2) is 12.0 Å². The van der Waals surface area contributed by atoms with E-state index in [0.29, 0.717) is 24.8 Å². The van der Waals surface area contributed by atoms with E-state index in [2.05, 4.69) is 26.8 Å². The van der Waals surface area contributed by atoms with Crippen LogP contribution < -0.4 is 0 Å². The third-order valence-electron chi connectivity index (χ3n) is 12.4. The fraction of sp³-hybridized carbons (Fsp3) is 0.676. The number of ether oxygens (including phenoxy) is 2. The Morgan fingerprint density at radius 2 is 1.66 bits per heavy atom. The van der Waals surface area contributed by atoms with Crippen LogP contribution in [0.1, 0.15) is 84.8 Å². The van der Waals surface area contributed by atoms with Crippen LogP contribution in [0.25, 0.3) is 0 Å². The predicted octanol–water partition coefficient (Wildman–Crippen LogP) is 5.12. The van der Waals surface area contributed by atoms with Crippen molar-refractivity contribution in [2.75, 3.05) is 7.05 Å². The lowest BCUT2D eigenvalue weighted by Crippen LogP contribution is -2.55. The van der Waals surface area contributed by atoms with Gasteiger partial charge in [0, 0.05) is 31.4 Å². The van der Waals surface area contributed by atoms with E-state index < -0.39 is 41.8 Å². The van der Waals surface area contributed by atoms with Crippen molar-refractivity contribution in [3.63, 3.8) is 0 Å². The van der Waals surface area contributed by atoms with Crippen LogP contribution in [-0.4, -0.2) is 73.4 Å². The number of benzene rings is 1. The number of carbonyl (C=O) groups is 2. The van der Waals surface area contributed by atoms with Crippen LogP contribution in [0.2, 0.25) is 0 Å². The average Bonchev–Trinajstić information content (AvgIpc) is 3.20. The number of likely N-dealkylation sites (N-methyl/N-ethyl adjacent to an activating group) is 1. The summed E-state index contributed by atoms with van der Waals surface area (Å²) in [6.45, 7) is 10.4. The van der Waals surface area contributed by atoms with Gasteiger partial charge in [-0.25, -0.2) is 0 Å². The largest absolute Gasteiger partial charge is 0.511 e. The summed E-state index contributed by atoms with van der Waals surface area (Å²) in [7, 11) is 1.35. The topological polar surface area (TPSA) is 157 Å². The SMILES string of the molecule is CC1=C[C@@H]2CC[C@@H](O)[C@H](C)[C@@H]2[C@@H](C(O)=C2C(=O)C(O)N(C)C2=O)[C@@H]1C[C@H]1O[C@@]2(CC[C@H](C)[C@@H](c3cc(O)cc(O)c3)O2)[C@@H](C)C[C@@H]1C. The second-order valence-corrected chi connectivity index (χ2v) is 15.4. The van der Waals surface area contributed by atoms with Crippen LogP contribution in [0, 0.1) is 47.3 Å². The molecular weight excluding hydrogens is 602 g/mol. The van der Waals surface area contributed by atoms with E-state index in [9.17, 15) is 35.1 Å². The Labute approximate surface area is 277 Å². The highest BCUT2D eigenvalue weighted by Gasteiger charge is 2.55. The van der Waals surface area contributed by atoms with Gasteiger partial charge in [-0.3, -0.25) is 9.59 Å². The molecule has 0 aromatic heterocycles. The molecule has 1 saturated carbocycles. The molecule has 3 heterocycles. The highest BCUT2D eigenvalue weighted by molar-refractivity contribution is 6.26. The number of likely N-dealkylation sites (tertiary alicyclic amines) is 1. The molecule has 2 aliphatic carbocycles. The Kier molecular flexibility index (Phi) is 9.04. The van der Waals surface area contributed by atoms with Gasteiger partial charge in [0.05, 0.1) is 18.3 Å². The molecule has 0 bridgehead atoms. The number of allylic oxidation sites excluding steroid dienone is 3. The molecule has 47 heavy (non-hydrogen) atoms. The fourth-order valence-electron chi connectivity index (χ4n) is 9.58. The molecule has 5 aliphatic rings. The molecule has 5 N–H and O–H groups in total.